The van der Waals surface area contributed by atoms with Gasteiger partial charge < -0.3 is 14.5 Å². The van der Waals surface area contributed by atoms with Gasteiger partial charge in [-0.1, -0.05) is 0 Å². The molecule has 0 bridgehead atoms. The minimum Gasteiger partial charge on any atom is -0.383 e. The fourth-order valence-electron chi connectivity index (χ4n) is 4.01. The summed E-state index contributed by atoms with van der Waals surface area (Å²) < 4.78 is 5.26. The first-order valence-electron chi connectivity index (χ1n) is 8.66. The topological polar surface area (TPSA) is 31.8 Å². The summed E-state index contributed by atoms with van der Waals surface area (Å²) in [5.74, 6) is 0. The summed E-state index contributed by atoms with van der Waals surface area (Å²) >= 11 is 1.82. The van der Waals surface area contributed by atoms with Crippen LogP contribution in [0.25, 0.3) is 0 Å². The quantitative estimate of drug-likeness (QED) is 0.793. The van der Waals surface area contributed by atoms with Gasteiger partial charge in [-0.2, -0.15) is 0 Å². The van der Waals surface area contributed by atoms with E-state index in [1.165, 1.54) is 50.3 Å². The van der Waals surface area contributed by atoms with E-state index in [1.807, 2.05) is 11.3 Å². The largest absolute Gasteiger partial charge is 0.383 e. The summed E-state index contributed by atoms with van der Waals surface area (Å²) in [4.78, 5) is 13.2. The number of anilines is 1. The van der Waals surface area contributed by atoms with Gasteiger partial charge in [0.25, 0.3) is 0 Å². The summed E-state index contributed by atoms with van der Waals surface area (Å²) in [5.41, 5.74) is 0.515. The number of aromatic nitrogens is 1. The van der Waals surface area contributed by atoms with E-state index in [2.05, 4.69) is 40.0 Å². The van der Waals surface area contributed by atoms with Crippen molar-refractivity contribution in [1.29, 1.82) is 0 Å². The Balaban J connectivity index is 1.54. The van der Waals surface area contributed by atoms with Crippen LogP contribution in [0.4, 0.5) is 5.13 Å². The molecule has 2 fully saturated rings. The molecule has 1 aromatic rings. The zero-order valence-electron chi connectivity index (χ0n) is 14.8. The van der Waals surface area contributed by atoms with Crippen LogP contribution in [0, 0.1) is 5.41 Å². The number of likely N-dealkylation sites (tertiary alicyclic amines) is 2. The lowest BCUT2D eigenvalue weighted by Crippen LogP contribution is -2.45. The first kappa shape index (κ1) is 17.1. The minimum atomic E-state index is 0.515. The number of ether oxygens (including phenoxy) is 1. The zero-order valence-corrected chi connectivity index (χ0v) is 15.6. The molecule has 130 valence electrons. The third-order valence-corrected chi connectivity index (χ3v) is 6.32. The molecule has 2 aliphatic heterocycles. The molecular formula is C17H30N4OS. The highest BCUT2D eigenvalue weighted by Crippen LogP contribution is 2.39. The Kier molecular flexibility index (Phi) is 5.57. The third kappa shape index (κ3) is 4.24. The average molecular weight is 339 g/mol. The van der Waals surface area contributed by atoms with Crippen molar-refractivity contribution in [2.75, 3.05) is 65.4 Å². The second kappa shape index (κ2) is 7.47. The first-order chi connectivity index (χ1) is 11.1. The van der Waals surface area contributed by atoms with Crippen molar-refractivity contribution < 1.29 is 4.74 Å². The number of hydrogen-bond acceptors (Lipinski definition) is 6. The number of rotatable bonds is 6. The predicted molar refractivity (Wildman–Crippen MR) is 96.3 cm³/mol. The summed E-state index contributed by atoms with van der Waals surface area (Å²) in [6.07, 6.45) is 6.12. The molecule has 2 saturated heterocycles. The third-order valence-electron chi connectivity index (χ3n) is 5.17. The molecule has 0 aliphatic carbocycles. The average Bonchev–Trinajstić information content (AvgIpc) is 3.14. The van der Waals surface area contributed by atoms with Crippen molar-refractivity contribution in [2.24, 2.45) is 5.41 Å². The lowest BCUT2D eigenvalue weighted by molar-refractivity contribution is 0.0674. The highest BCUT2D eigenvalue weighted by atomic mass is 32.1. The van der Waals surface area contributed by atoms with Crippen LogP contribution in [0.2, 0.25) is 0 Å². The smallest absolute Gasteiger partial charge is 0.185 e. The van der Waals surface area contributed by atoms with Gasteiger partial charge in [0.2, 0.25) is 0 Å². The van der Waals surface area contributed by atoms with E-state index in [-0.39, 0.29) is 0 Å². The Bertz CT molecular complexity index is 507. The van der Waals surface area contributed by atoms with E-state index in [4.69, 9.17) is 4.74 Å². The summed E-state index contributed by atoms with van der Waals surface area (Å²) in [5, 5.41) is 1.11. The van der Waals surface area contributed by atoms with Crippen LogP contribution < -0.4 is 4.90 Å². The molecule has 3 rings (SSSR count). The molecule has 1 unspecified atom stereocenters. The van der Waals surface area contributed by atoms with E-state index in [9.17, 15) is 0 Å². The molecule has 5 nitrogen and oxygen atoms in total. The molecule has 23 heavy (non-hydrogen) atoms. The fraction of sp³-hybridized carbons (Fsp3) is 0.824. The Morgan fingerprint density at radius 2 is 2.09 bits per heavy atom. The van der Waals surface area contributed by atoms with Crippen molar-refractivity contribution in [3.63, 3.8) is 0 Å². The maximum atomic E-state index is 5.26. The Morgan fingerprint density at radius 1 is 1.26 bits per heavy atom. The SMILES string of the molecule is COCCN1CCCC2(CCN(Cc3cnc(N(C)C)s3)C2)C1. The van der Waals surface area contributed by atoms with E-state index in [1.54, 1.807) is 7.11 Å². The summed E-state index contributed by atoms with van der Waals surface area (Å²) in [6.45, 7) is 7.96. The zero-order chi connectivity index (χ0) is 16.3. The molecule has 2 aliphatic rings. The predicted octanol–water partition coefficient (Wildman–Crippen LogP) is 2.14. The second-order valence-corrected chi connectivity index (χ2v) is 8.43. The van der Waals surface area contributed by atoms with Crippen LogP contribution in [0.1, 0.15) is 24.1 Å². The van der Waals surface area contributed by atoms with E-state index in [0.717, 1.165) is 24.8 Å². The van der Waals surface area contributed by atoms with Gasteiger partial charge in [-0.3, -0.25) is 4.90 Å². The number of piperidine rings is 1. The summed E-state index contributed by atoms with van der Waals surface area (Å²) in [7, 11) is 5.92. The van der Waals surface area contributed by atoms with Crippen LogP contribution in [-0.2, 0) is 11.3 Å². The fourth-order valence-corrected chi connectivity index (χ4v) is 4.89. The van der Waals surface area contributed by atoms with Crippen molar-refractivity contribution in [2.45, 2.75) is 25.8 Å². The lowest BCUT2D eigenvalue weighted by Gasteiger charge is -2.40. The minimum absolute atomic E-state index is 0.515. The van der Waals surface area contributed by atoms with Gasteiger partial charge in [-0.15, -0.1) is 11.3 Å². The molecule has 1 atom stereocenters. The Morgan fingerprint density at radius 3 is 2.83 bits per heavy atom. The van der Waals surface area contributed by atoms with Crippen molar-refractivity contribution >= 4 is 16.5 Å². The van der Waals surface area contributed by atoms with Crippen LogP contribution in [0.5, 0.6) is 0 Å². The van der Waals surface area contributed by atoms with Crippen LogP contribution in [0.3, 0.4) is 0 Å². The van der Waals surface area contributed by atoms with Crippen LogP contribution in [0.15, 0.2) is 6.20 Å². The van der Waals surface area contributed by atoms with Gasteiger partial charge in [-0.05, 0) is 37.8 Å². The molecular weight excluding hydrogens is 308 g/mol. The van der Waals surface area contributed by atoms with Crippen LogP contribution in [-0.4, -0.2) is 75.3 Å². The van der Waals surface area contributed by atoms with Crippen LogP contribution >= 0.6 is 11.3 Å². The van der Waals surface area contributed by atoms with Crippen molar-refractivity contribution in [3.05, 3.63) is 11.1 Å². The second-order valence-electron chi connectivity index (χ2n) is 7.34. The maximum absolute atomic E-state index is 5.26. The van der Waals surface area contributed by atoms with Gasteiger partial charge in [0.15, 0.2) is 5.13 Å². The van der Waals surface area contributed by atoms with Gasteiger partial charge in [0, 0.05) is 58.5 Å². The van der Waals surface area contributed by atoms with E-state index < -0.39 is 0 Å². The van der Waals surface area contributed by atoms with Gasteiger partial charge in [0.1, 0.15) is 0 Å². The molecule has 0 amide bonds. The molecule has 0 radical (unpaired) electrons. The van der Waals surface area contributed by atoms with Crippen molar-refractivity contribution in [3.8, 4) is 0 Å². The number of methoxy groups -OCH3 is 1. The molecule has 0 N–H and O–H groups in total. The molecule has 0 saturated carbocycles. The van der Waals surface area contributed by atoms with Gasteiger partial charge >= 0.3 is 0 Å². The number of hydrogen-bond donors (Lipinski definition) is 0. The normalized spacial score (nSPS) is 26.2. The van der Waals surface area contributed by atoms with E-state index >= 15 is 0 Å². The molecule has 1 spiro atoms. The Hall–Kier alpha value is -0.690. The molecule has 6 heteroatoms. The maximum Gasteiger partial charge on any atom is 0.185 e. The highest BCUT2D eigenvalue weighted by Gasteiger charge is 2.41. The molecule has 0 aromatic carbocycles. The van der Waals surface area contributed by atoms with Crippen molar-refractivity contribution in [1.82, 2.24) is 14.8 Å². The van der Waals surface area contributed by atoms with Gasteiger partial charge in [0.05, 0.1) is 6.61 Å². The highest BCUT2D eigenvalue weighted by molar-refractivity contribution is 7.15. The lowest BCUT2D eigenvalue weighted by atomic mass is 9.79. The number of nitrogens with zero attached hydrogens (tertiary/aromatic N) is 4. The summed E-state index contributed by atoms with van der Waals surface area (Å²) in [6, 6.07) is 0. The Labute approximate surface area is 144 Å². The monoisotopic (exact) mass is 338 g/mol. The standard InChI is InChI=1S/C17H30N4OS/c1-19(2)16-18-11-15(23-16)12-21-8-6-17(14-21)5-4-7-20(13-17)9-10-22-3/h11H,4-10,12-14H2,1-3H3. The molecule has 3 heterocycles. The van der Waals surface area contributed by atoms with E-state index in [0.29, 0.717) is 5.41 Å². The first-order valence-corrected chi connectivity index (χ1v) is 9.48. The number of thiazole rings is 1. The molecule has 1 aromatic heterocycles. The van der Waals surface area contributed by atoms with Gasteiger partial charge in [-0.25, -0.2) is 4.98 Å².